The molecule has 5 nitrogen and oxygen atoms in total. The van der Waals surface area contributed by atoms with Crippen LogP contribution in [0.3, 0.4) is 0 Å². The molecule has 0 aliphatic heterocycles. The lowest BCUT2D eigenvalue weighted by atomic mass is 10.0. The fourth-order valence-corrected chi connectivity index (χ4v) is 2.50. The molecule has 0 heterocycles. The summed E-state index contributed by atoms with van der Waals surface area (Å²) in [5.41, 5.74) is 0. The van der Waals surface area contributed by atoms with E-state index in [1.807, 2.05) is 13.8 Å². The Morgan fingerprint density at radius 3 is 2.39 bits per heavy atom. The van der Waals surface area contributed by atoms with Crippen LogP contribution in [0.1, 0.15) is 27.2 Å². The Morgan fingerprint density at radius 1 is 1.33 bits per heavy atom. The van der Waals surface area contributed by atoms with Gasteiger partial charge >= 0.3 is 0 Å². The van der Waals surface area contributed by atoms with Crippen molar-refractivity contribution < 1.29 is 18.5 Å². The Labute approximate surface area is 111 Å². The largest absolute Gasteiger partial charge is 0.385 e. The van der Waals surface area contributed by atoms with Gasteiger partial charge in [0.25, 0.3) is 0 Å². The van der Waals surface area contributed by atoms with Crippen LogP contribution in [0.4, 0.5) is 0 Å². The SMILES string of the molecule is COCCCS(=O)CC(=O)NC(C(C)=O)C(C)C. The lowest BCUT2D eigenvalue weighted by Crippen LogP contribution is -2.45. The van der Waals surface area contributed by atoms with Gasteiger partial charge < -0.3 is 10.1 Å². The van der Waals surface area contributed by atoms with Gasteiger partial charge in [0.15, 0.2) is 5.78 Å². The number of carbonyl (C=O) groups excluding carboxylic acids is 2. The van der Waals surface area contributed by atoms with Gasteiger partial charge in [-0.25, -0.2) is 0 Å². The highest BCUT2D eigenvalue weighted by Crippen LogP contribution is 2.02. The van der Waals surface area contributed by atoms with Gasteiger partial charge in [0, 0.05) is 30.3 Å². The number of nitrogens with one attached hydrogen (secondary N) is 1. The summed E-state index contributed by atoms with van der Waals surface area (Å²) in [6, 6.07) is -0.492. The van der Waals surface area contributed by atoms with Crippen molar-refractivity contribution >= 4 is 22.5 Å². The number of methoxy groups -OCH3 is 1. The molecule has 0 radical (unpaired) electrons. The fraction of sp³-hybridized carbons (Fsp3) is 0.833. The van der Waals surface area contributed by atoms with E-state index in [2.05, 4.69) is 5.32 Å². The molecule has 0 aliphatic carbocycles. The second kappa shape index (κ2) is 9.22. The first-order chi connectivity index (χ1) is 8.38. The van der Waals surface area contributed by atoms with E-state index < -0.39 is 16.8 Å². The molecular formula is C12H23NO4S. The van der Waals surface area contributed by atoms with Crippen molar-refractivity contribution in [1.82, 2.24) is 5.32 Å². The van der Waals surface area contributed by atoms with Crippen LogP contribution < -0.4 is 5.32 Å². The van der Waals surface area contributed by atoms with Gasteiger partial charge in [-0.3, -0.25) is 13.8 Å². The summed E-state index contributed by atoms with van der Waals surface area (Å²) in [4.78, 5) is 22.9. The van der Waals surface area contributed by atoms with E-state index in [9.17, 15) is 13.8 Å². The number of ether oxygens (including phenoxy) is 1. The second-order valence-electron chi connectivity index (χ2n) is 4.53. The smallest absolute Gasteiger partial charge is 0.233 e. The van der Waals surface area contributed by atoms with E-state index in [1.165, 1.54) is 6.92 Å². The first-order valence-electron chi connectivity index (χ1n) is 6.02. The zero-order valence-corrected chi connectivity index (χ0v) is 12.3. The molecule has 106 valence electrons. The molecule has 0 saturated carbocycles. The molecule has 0 aromatic rings. The topological polar surface area (TPSA) is 72.5 Å². The van der Waals surface area contributed by atoms with Crippen LogP contribution in [-0.4, -0.2) is 47.2 Å². The maximum absolute atomic E-state index is 11.6. The molecule has 0 aromatic carbocycles. The van der Waals surface area contributed by atoms with Gasteiger partial charge in [-0.2, -0.15) is 0 Å². The molecule has 1 N–H and O–H groups in total. The minimum absolute atomic E-state index is 0.0355. The Kier molecular flexibility index (Phi) is 8.83. The van der Waals surface area contributed by atoms with E-state index in [1.54, 1.807) is 7.11 Å². The van der Waals surface area contributed by atoms with Gasteiger partial charge in [0.05, 0.1) is 6.04 Å². The molecule has 0 spiro atoms. The lowest BCUT2D eigenvalue weighted by molar-refractivity contribution is -0.126. The van der Waals surface area contributed by atoms with Crippen molar-refractivity contribution in [1.29, 1.82) is 0 Å². The standard InChI is InChI=1S/C12H23NO4S/c1-9(2)12(10(3)14)13-11(15)8-18(16)7-5-6-17-4/h9,12H,5-8H2,1-4H3,(H,13,15). The number of Topliss-reactive ketones (excluding diaryl/α,β-unsaturated/α-hetero) is 1. The van der Waals surface area contributed by atoms with Crippen molar-refractivity contribution in [3.8, 4) is 0 Å². The van der Waals surface area contributed by atoms with Crippen molar-refractivity contribution in [2.24, 2.45) is 5.92 Å². The summed E-state index contributed by atoms with van der Waals surface area (Å²) < 4.78 is 16.4. The minimum Gasteiger partial charge on any atom is -0.385 e. The zero-order valence-electron chi connectivity index (χ0n) is 11.5. The quantitative estimate of drug-likeness (QED) is 0.623. The maximum atomic E-state index is 11.6. The molecule has 18 heavy (non-hydrogen) atoms. The molecule has 2 atom stereocenters. The van der Waals surface area contributed by atoms with Crippen LogP contribution in [0.15, 0.2) is 0 Å². The highest BCUT2D eigenvalue weighted by molar-refractivity contribution is 7.85. The predicted molar refractivity (Wildman–Crippen MR) is 71.8 cm³/mol. The third-order valence-corrected chi connectivity index (χ3v) is 3.76. The van der Waals surface area contributed by atoms with Crippen molar-refractivity contribution in [3.05, 3.63) is 0 Å². The van der Waals surface area contributed by atoms with E-state index >= 15 is 0 Å². The first-order valence-corrected chi connectivity index (χ1v) is 7.51. The number of hydrogen-bond donors (Lipinski definition) is 1. The molecule has 0 aliphatic rings. The van der Waals surface area contributed by atoms with E-state index in [-0.39, 0.29) is 23.4 Å². The number of carbonyl (C=O) groups is 2. The third-order valence-electron chi connectivity index (χ3n) is 2.43. The van der Waals surface area contributed by atoms with Crippen LogP contribution in [-0.2, 0) is 25.1 Å². The first kappa shape index (κ1) is 17.2. The van der Waals surface area contributed by atoms with Crippen molar-refractivity contribution in [3.63, 3.8) is 0 Å². The summed E-state index contributed by atoms with van der Waals surface area (Å²) >= 11 is 0. The summed E-state index contributed by atoms with van der Waals surface area (Å²) in [5.74, 6) is 0.00463. The molecule has 0 saturated heterocycles. The molecule has 0 fully saturated rings. The Morgan fingerprint density at radius 2 is 1.94 bits per heavy atom. The number of hydrogen-bond acceptors (Lipinski definition) is 4. The summed E-state index contributed by atoms with van der Waals surface area (Å²) in [5, 5.41) is 2.62. The monoisotopic (exact) mass is 277 g/mol. The van der Waals surface area contributed by atoms with Crippen LogP contribution in [0.25, 0.3) is 0 Å². The number of amides is 1. The number of ketones is 1. The average Bonchev–Trinajstić information content (AvgIpc) is 2.25. The summed E-state index contributed by atoms with van der Waals surface area (Å²) in [6.07, 6.45) is 0.663. The molecule has 0 rings (SSSR count). The molecule has 0 bridgehead atoms. The van der Waals surface area contributed by atoms with Crippen LogP contribution >= 0.6 is 0 Å². The molecule has 0 aromatic heterocycles. The Bertz CT molecular complexity index is 304. The molecule has 1 amide bonds. The zero-order chi connectivity index (χ0) is 14.1. The Balaban J connectivity index is 4.09. The third kappa shape index (κ3) is 7.55. The highest BCUT2D eigenvalue weighted by Gasteiger charge is 2.21. The average molecular weight is 277 g/mol. The molecule has 6 heteroatoms. The maximum Gasteiger partial charge on any atom is 0.233 e. The second-order valence-corrected chi connectivity index (χ2v) is 6.11. The van der Waals surface area contributed by atoms with Gasteiger partial charge in [0.1, 0.15) is 5.75 Å². The number of rotatable bonds is 9. The van der Waals surface area contributed by atoms with Crippen molar-refractivity contribution in [2.75, 3.05) is 25.2 Å². The van der Waals surface area contributed by atoms with Crippen LogP contribution in [0.2, 0.25) is 0 Å². The summed E-state index contributed by atoms with van der Waals surface area (Å²) in [6.45, 7) is 5.71. The van der Waals surface area contributed by atoms with Crippen LogP contribution in [0.5, 0.6) is 0 Å². The lowest BCUT2D eigenvalue weighted by Gasteiger charge is -2.19. The normalized spacial score (nSPS) is 14.3. The Hall–Kier alpha value is -0.750. The van der Waals surface area contributed by atoms with Crippen molar-refractivity contribution in [2.45, 2.75) is 33.2 Å². The van der Waals surface area contributed by atoms with Gasteiger partial charge in [0.2, 0.25) is 5.91 Å². The van der Waals surface area contributed by atoms with Crippen LogP contribution in [0, 0.1) is 5.92 Å². The minimum atomic E-state index is -1.20. The van der Waals surface area contributed by atoms with Gasteiger partial charge in [-0.1, -0.05) is 13.8 Å². The summed E-state index contributed by atoms with van der Waals surface area (Å²) in [7, 11) is 0.381. The van der Waals surface area contributed by atoms with E-state index in [0.717, 1.165) is 0 Å². The molecule has 2 unspecified atom stereocenters. The predicted octanol–water partition coefficient (Wildman–Crippen LogP) is 0.501. The van der Waals surface area contributed by atoms with Gasteiger partial charge in [-0.05, 0) is 19.3 Å². The van der Waals surface area contributed by atoms with E-state index in [0.29, 0.717) is 18.8 Å². The highest BCUT2D eigenvalue weighted by atomic mass is 32.2. The fourth-order valence-electron chi connectivity index (χ4n) is 1.54. The molecular weight excluding hydrogens is 254 g/mol. The van der Waals surface area contributed by atoms with Gasteiger partial charge in [-0.15, -0.1) is 0 Å². The van der Waals surface area contributed by atoms with E-state index in [4.69, 9.17) is 4.74 Å².